The Hall–Kier alpha value is -0.560. The molecule has 1 rings (SSSR count). The summed E-state index contributed by atoms with van der Waals surface area (Å²) in [7, 11) is 0. The van der Waals surface area contributed by atoms with E-state index < -0.39 is 0 Å². The van der Waals surface area contributed by atoms with Gasteiger partial charge < -0.3 is 0 Å². The topological polar surface area (TPSA) is 0 Å². The summed E-state index contributed by atoms with van der Waals surface area (Å²) in [5, 5.41) is 0. The summed E-state index contributed by atoms with van der Waals surface area (Å²) in [6.07, 6.45) is 2.92. The average molecular weight is 229 g/mol. The molecule has 0 amide bonds. The zero-order valence-electron chi connectivity index (χ0n) is 9.39. The molecule has 0 heterocycles. The Morgan fingerprint density at radius 3 is 2.40 bits per heavy atom. The van der Waals surface area contributed by atoms with Gasteiger partial charge in [0, 0.05) is 5.88 Å². The van der Waals surface area contributed by atoms with Crippen LogP contribution in [0.3, 0.4) is 0 Å². The van der Waals surface area contributed by atoms with Crippen LogP contribution in [0.15, 0.2) is 24.3 Å². The maximum Gasteiger partial charge on any atom is 0.123 e. The van der Waals surface area contributed by atoms with Gasteiger partial charge in [-0.1, -0.05) is 26.0 Å². The summed E-state index contributed by atoms with van der Waals surface area (Å²) >= 11 is 6.02. The molecule has 84 valence electrons. The summed E-state index contributed by atoms with van der Waals surface area (Å²) in [6.45, 7) is 4.29. The molecule has 0 bridgehead atoms. The van der Waals surface area contributed by atoms with Crippen LogP contribution in [0.1, 0.15) is 32.3 Å². The smallest absolute Gasteiger partial charge is 0.123 e. The minimum Gasteiger partial charge on any atom is -0.207 e. The molecule has 0 nitrogen and oxygen atoms in total. The van der Waals surface area contributed by atoms with Crippen LogP contribution < -0.4 is 0 Å². The summed E-state index contributed by atoms with van der Waals surface area (Å²) in [5.74, 6) is 0.472. The predicted molar refractivity (Wildman–Crippen MR) is 63.8 cm³/mol. The van der Waals surface area contributed by atoms with Crippen molar-refractivity contribution in [3.63, 3.8) is 0 Å². The van der Waals surface area contributed by atoms with Crippen LogP contribution >= 0.6 is 11.6 Å². The largest absolute Gasteiger partial charge is 0.207 e. The van der Waals surface area contributed by atoms with Crippen LogP contribution in [0.2, 0.25) is 0 Å². The number of hydrogen-bond acceptors (Lipinski definition) is 0. The average Bonchev–Trinajstić information content (AvgIpc) is 2.26. The first-order valence-corrected chi connectivity index (χ1v) is 5.99. The van der Waals surface area contributed by atoms with E-state index in [1.54, 1.807) is 12.1 Å². The van der Waals surface area contributed by atoms with Gasteiger partial charge >= 0.3 is 0 Å². The van der Waals surface area contributed by atoms with Gasteiger partial charge in [0.25, 0.3) is 0 Å². The fraction of sp³-hybridized carbons (Fsp3) is 0.538. The Kier molecular flexibility index (Phi) is 4.59. The summed E-state index contributed by atoms with van der Waals surface area (Å²) in [6, 6.07) is 6.81. The predicted octanol–water partition coefficient (Wildman–Crippen LogP) is 4.41. The highest BCUT2D eigenvalue weighted by molar-refractivity contribution is 6.18. The van der Waals surface area contributed by atoms with Crippen molar-refractivity contribution in [1.29, 1.82) is 0 Å². The zero-order chi connectivity index (χ0) is 11.3. The molecule has 0 spiro atoms. The summed E-state index contributed by atoms with van der Waals surface area (Å²) in [4.78, 5) is 0. The Balaban J connectivity index is 2.82. The lowest BCUT2D eigenvalue weighted by molar-refractivity contribution is 0.301. The Morgan fingerprint density at radius 2 is 1.93 bits per heavy atom. The molecule has 0 aliphatic carbocycles. The SMILES string of the molecule is CCC(CC)(CCl)Cc1cccc(F)c1. The first-order valence-electron chi connectivity index (χ1n) is 5.46. The highest BCUT2D eigenvalue weighted by Gasteiger charge is 2.25. The molecule has 0 saturated carbocycles. The van der Waals surface area contributed by atoms with Crippen molar-refractivity contribution in [2.45, 2.75) is 33.1 Å². The molecule has 0 saturated heterocycles. The normalized spacial score (nSPS) is 11.7. The van der Waals surface area contributed by atoms with Crippen molar-refractivity contribution in [3.05, 3.63) is 35.6 Å². The van der Waals surface area contributed by atoms with Crippen LogP contribution in [0.25, 0.3) is 0 Å². The van der Waals surface area contributed by atoms with Crippen molar-refractivity contribution < 1.29 is 4.39 Å². The van der Waals surface area contributed by atoms with Gasteiger partial charge in [-0.15, -0.1) is 11.6 Å². The van der Waals surface area contributed by atoms with E-state index in [0.29, 0.717) is 5.88 Å². The Bertz CT molecular complexity index is 297. The van der Waals surface area contributed by atoms with Crippen molar-refractivity contribution in [2.24, 2.45) is 5.41 Å². The third-order valence-corrected chi connectivity index (χ3v) is 3.82. The Labute approximate surface area is 96.5 Å². The van der Waals surface area contributed by atoms with E-state index >= 15 is 0 Å². The first kappa shape index (κ1) is 12.5. The van der Waals surface area contributed by atoms with Gasteiger partial charge in [-0.3, -0.25) is 0 Å². The van der Waals surface area contributed by atoms with E-state index in [9.17, 15) is 4.39 Å². The summed E-state index contributed by atoms with van der Waals surface area (Å²) < 4.78 is 13.0. The molecule has 1 aromatic rings. The van der Waals surface area contributed by atoms with Crippen LogP contribution in [0.5, 0.6) is 0 Å². The van der Waals surface area contributed by atoms with E-state index in [0.717, 1.165) is 24.8 Å². The van der Waals surface area contributed by atoms with Gasteiger partial charge in [0.05, 0.1) is 0 Å². The van der Waals surface area contributed by atoms with Crippen LogP contribution in [0, 0.1) is 11.2 Å². The quantitative estimate of drug-likeness (QED) is 0.655. The fourth-order valence-electron chi connectivity index (χ4n) is 1.82. The first-order chi connectivity index (χ1) is 7.15. The van der Waals surface area contributed by atoms with Crippen LogP contribution in [-0.2, 0) is 6.42 Å². The molecular formula is C13H18ClF. The lowest BCUT2D eigenvalue weighted by Crippen LogP contribution is -2.24. The second kappa shape index (κ2) is 5.50. The third-order valence-electron chi connectivity index (χ3n) is 3.25. The molecule has 0 N–H and O–H groups in total. The molecule has 15 heavy (non-hydrogen) atoms. The van der Waals surface area contributed by atoms with Gasteiger partial charge in [-0.05, 0) is 42.4 Å². The highest BCUT2D eigenvalue weighted by Crippen LogP contribution is 2.32. The molecule has 0 unspecified atom stereocenters. The van der Waals surface area contributed by atoms with E-state index in [1.165, 1.54) is 6.07 Å². The minimum atomic E-state index is -0.164. The monoisotopic (exact) mass is 228 g/mol. The van der Waals surface area contributed by atoms with Gasteiger partial charge in [0.2, 0.25) is 0 Å². The standard InChI is InChI=1S/C13H18ClF/c1-3-13(4-2,10-14)9-11-6-5-7-12(15)8-11/h5-8H,3-4,9-10H2,1-2H3. The molecule has 0 atom stereocenters. The van der Waals surface area contributed by atoms with E-state index in [1.807, 2.05) is 6.07 Å². The maximum atomic E-state index is 13.0. The van der Waals surface area contributed by atoms with Crippen molar-refractivity contribution in [2.75, 3.05) is 5.88 Å². The van der Waals surface area contributed by atoms with Crippen molar-refractivity contribution >= 4 is 11.6 Å². The van der Waals surface area contributed by atoms with Gasteiger partial charge in [-0.25, -0.2) is 4.39 Å². The Morgan fingerprint density at radius 1 is 1.27 bits per heavy atom. The van der Waals surface area contributed by atoms with E-state index in [2.05, 4.69) is 13.8 Å². The van der Waals surface area contributed by atoms with E-state index in [-0.39, 0.29) is 11.2 Å². The maximum absolute atomic E-state index is 13.0. The number of alkyl halides is 1. The lowest BCUT2D eigenvalue weighted by atomic mass is 9.79. The molecule has 0 fully saturated rings. The number of hydrogen-bond donors (Lipinski definition) is 0. The van der Waals surface area contributed by atoms with Gasteiger partial charge in [0.1, 0.15) is 5.82 Å². The highest BCUT2D eigenvalue weighted by atomic mass is 35.5. The van der Waals surface area contributed by atoms with Gasteiger partial charge in [0.15, 0.2) is 0 Å². The third kappa shape index (κ3) is 3.20. The lowest BCUT2D eigenvalue weighted by Gasteiger charge is -2.29. The molecule has 0 aromatic heterocycles. The molecule has 0 aliphatic rings. The molecule has 0 aliphatic heterocycles. The molecule has 1 aromatic carbocycles. The minimum absolute atomic E-state index is 0.120. The van der Waals surface area contributed by atoms with Crippen molar-refractivity contribution in [1.82, 2.24) is 0 Å². The molecular weight excluding hydrogens is 211 g/mol. The second-order valence-electron chi connectivity index (χ2n) is 4.15. The summed E-state index contributed by atoms with van der Waals surface area (Å²) in [5.41, 5.74) is 1.16. The van der Waals surface area contributed by atoms with Crippen molar-refractivity contribution in [3.8, 4) is 0 Å². The molecule has 2 heteroatoms. The number of benzene rings is 1. The fourth-order valence-corrected chi connectivity index (χ4v) is 2.29. The van der Waals surface area contributed by atoms with Gasteiger partial charge in [-0.2, -0.15) is 0 Å². The number of rotatable bonds is 5. The number of halogens is 2. The molecule has 0 radical (unpaired) electrons. The second-order valence-corrected chi connectivity index (χ2v) is 4.41. The van der Waals surface area contributed by atoms with E-state index in [4.69, 9.17) is 11.6 Å². The van der Waals surface area contributed by atoms with Crippen LogP contribution in [-0.4, -0.2) is 5.88 Å². The zero-order valence-corrected chi connectivity index (χ0v) is 10.1. The van der Waals surface area contributed by atoms with Crippen LogP contribution in [0.4, 0.5) is 4.39 Å².